The van der Waals surface area contributed by atoms with Crippen molar-refractivity contribution in [1.29, 1.82) is 0 Å². The molecule has 10 atom stereocenters. The van der Waals surface area contributed by atoms with E-state index in [1.165, 1.54) is 6.92 Å². The van der Waals surface area contributed by atoms with Crippen LogP contribution < -0.4 is 5.32 Å². The van der Waals surface area contributed by atoms with Gasteiger partial charge in [-0.3, -0.25) is 4.79 Å². The van der Waals surface area contributed by atoms with E-state index in [0.29, 0.717) is 0 Å². The maximum atomic E-state index is 13.1. The molecule has 6 rings (SSSR count). The first-order chi connectivity index (χ1) is 21.2. The second kappa shape index (κ2) is 12.3. The van der Waals surface area contributed by atoms with Gasteiger partial charge in [0.15, 0.2) is 36.0 Å². The van der Waals surface area contributed by atoms with Crippen LogP contribution in [0.4, 0.5) is 4.79 Å². The summed E-state index contributed by atoms with van der Waals surface area (Å²) in [6, 6.07) is 8.22. The molecule has 1 aromatic carbocycles. The van der Waals surface area contributed by atoms with Gasteiger partial charge in [-0.15, -0.1) is 0 Å². The summed E-state index contributed by atoms with van der Waals surface area (Å²) < 4.78 is 66.7. The Hall–Kier alpha value is -2.40. The Morgan fingerprint density at radius 1 is 0.844 bits per heavy atom. The van der Waals surface area contributed by atoms with Crippen molar-refractivity contribution >= 4 is 12.1 Å². The zero-order chi connectivity index (χ0) is 32.1. The molecule has 14 nitrogen and oxygen atoms in total. The molecule has 5 saturated heterocycles. The van der Waals surface area contributed by atoms with Crippen molar-refractivity contribution in [1.82, 2.24) is 5.32 Å². The molecule has 1 aromatic rings. The second-order valence-electron chi connectivity index (χ2n) is 13.2. The Balaban J connectivity index is 1.22. The summed E-state index contributed by atoms with van der Waals surface area (Å²) in [5, 5.41) is 2.80. The van der Waals surface area contributed by atoms with E-state index in [1.54, 1.807) is 27.7 Å². The third-order valence-corrected chi connectivity index (χ3v) is 8.14. The van der Waals surface area contributed by atoms with Gasteiger partial charge in [0.25, 0.3) is 0 Å². The number of nitrogens with one attached hydrogen (secondary N) is 1. The number of carbonyl (C=O) groups excluding carboxylic acids is 2. The van der Waals surface area contributed by atoms with Crippen molar-refractivity contribution in [2.45, 2.75) is 134 Å². The summed E-state index contributed by atoms with van der Waals surface area (Å²) in [7, 11) is 0. The van der Waals surface area contributed by atoms with Gasteiger partial charge in [-0.05, 0) is 47.1 Å². The van der Waals surface area contributed by atoms with Crippen molar-refractivity contribution < 1.29 is 61.7 Å². The zero-order valence-corrected chi connectivity index (χ0v) is 26.6. The second-order valence-corrected chi connectivity index (χ2v) is 13.2. The maximum absolute atomic E-state index is 13.1. The largest absolute Gasteiger partial charge is 0.457 e. The van der Waals surface area contributed by atoms with E-state index in [-0.39, 0.29) is 19.8 Å². The Morgan fingerprint density at radius 3 is 2.24 bits per heavy atom. The van der Waals surface area contributed by atoms with Crippen LogP contribution in [0.1, 0.15) is 54.0 Å². The Labute approximate surface area is 262 Å². The lowest BCUT2D eigenvalue weighted by molar-refractivity contribution is -0.371. The van der Waals surface area contributed by atoms with Gasteiger partial charge in [0.1, 0.15) is 49.3 Å². The molecule has 0 aliphatic carbocycles. The van der Waals surface area contributed by atoms with Crippen molar-refractivity contribution in [2.24, 2.45) is 0 Å². The SMILES string of the molecule is CC(=O)O[C@@H]1[C@H](NC(=O)OCc2ccccc2)[C@@H](OC[C@H]2O[C@@H]3OC(C)(C)O[C@@H]3[C@H]3OC(C)(C)O[C@H]32)O[C@@H]2COC(C)(C)O[C@@H]12. The van der Waals surface area contributed by atoms with E-state index in [2.05, 4.69) is 5.32 Å². The third kappa shape index (κ3) is 7.29. The molecule has 0 saturated carbocycles. The molecular formula is C31H43NO13. The standard InChI is InChI=1S/C31H43NO13/c1-16(33)38-23-20(32-28(34)36-13-17-11-9-8-10-12-17)26(39-19-15-37-29(2,3)41-21(19)23)35-14-18-22-24(43-30(4,5)42-22)25-27(40-18)45-31(6,7)44-25/h8-12,18-27H,13-15H2,1-7H3,(H,32,34)/t18-,19-,20+,21-,22+,23-,24+,25-,26+,27-/m1/s1. The van der Waals surface area contributed by atoms with Gasteiger partial charge in [-0.2, -0.15) is 0 Å². The number of hydrogen-bond acceptors (Lipinski definition) is 13. The first kappa shape index (κ1) is 32.5. The third-order valence-electron chi connectivity index (χ3n) is 8.14. The fraction of sp³-hybridized carbons (Fsp3) is 0.742. The minimum Gasteiger partial charge on any atom is -0.457 e. The van der Waals surface area contributed by atoms with Gasteiger partial charge in [0.2, 0.25) is 0 Å². The summed E-state index contributed by atoms with van der Waals surface area (Å²) in [6.45, 7) is 12.1. The van der Waals surface area contributed by atoms with E-state index < -0.39 is 90.8 Å². The van der Waals surface area contributed by atoms with Crippen molar-refractivity contribution in [3.8, 4) is 0 Å². The lowest BCUT2D eigenvalue weighted by Crippen LogP contribution is -2.69. The van der Waals surface area contributed by atoms with E-state index in [1.807, 2.05) is 44.2 Å². The number of benzene rings is 1. The summed E-state index contributed by atoms with van der Waals surface area (Å²) in [6.07, 6.45) is -7.24. The average Bonchev–Trinajstić information content (AvgIpc) is 3.46. The monoisotopic (exact) mass is 637 g/mol. The lowest BCUT2D eigenvalue weighted by atomic mass is 9.95. The van der Waals surface area contributed by atoms with E-state index >= 15 is 0 Å². The fourth-order valence-corrected chi connectivity index (χ4v) is 6.37. The summed E-state index contributed by atoms with van der Waals surface area (Å²) in [4.78, 5) is 25.5. The summed E-state index contributed by atoms with van der Waals surface area (Å²) >= 11 is 0. The molecular weight excluding hydrogens is 594 g/mol. The summed E-state index contributed by atoms with van der Waals surface area (Å²) in [5.41, 5.74) is 0.803. The molecule has 0 radical (unpaired) electrons. The van der Waals surface area contributed by atoms with Crippen LogP contribution >= 0.6 is 0 Å². The molecule has 1 amide bonds. The van der Waals surface area contributed by atoms with Gasteiger partial charge in [0.05, 0.1) is 13.2 Å². The Bertz CT molecular complexity index is 1230. The van der Waals surface area contributed by atoms with Crippen molar-refractivity contribution in [3.05, 3.63) is 35.9 Å². The highest BCUT2D eigenvalue weighted by Gasteiger charge is 2.61. The number of esters is 1. The van der Waals surface area contributed by atoms with Gasteiger partial charge < -0.3 is 57.4 Å². The molecule has 5 fully saturated rings. The topological polar surface area (TPSA) is 148 Å². The number of rotatable bonds is 7. The first-order valence-corrected chi connectivity index (χ1v) is 15.3. The van der Waals surface area contributed by atoms with Crippen LogP contribution in [0.25, 0.3) is 0 Å². The normalized spacial score (nSPS) is 39.2. The number of amides is 1. The van der Waals surface area contributed by atoms with Gasteiger partial charge >= 0.3 is 12.1 Å². The smallest absolute Gasteiger partial charge is 0.407 e. The molecule has 5 aliphatic heterocycles. The van der Waals surface area contributed by atoms with Crippen molar-refractivity contribution in [3.63, 3.8) is 0 Å². The van der Waals surface area contributed by atoms with Crippen LogP contribution in [0.2, 0.25) is 0 Å². The minimum absolute atomic E-state index is 0.0283. The zero-order valence-electron chi connectivity index (χ0n) is 26.6. The summed E-state index contributed by atoms with van der Waals surface area (Å²) in [5.74, 6) is -3.33. The molecule has 250 valence electrons. The van der Waals surface area contributed by atoms with Gasteiger partial charge in [-0.1, -0.05) is 30.3 Å². The van der Waals surface area contributed by atoms with E-state index in [0.717, 1.165) is 5.56 Å². The van der Waals surface area contributed by atoms with E-state index in [9.17, 15) is 9.59 Å². The molecule has 45 heavy (non-hydrogen) atoms. The Kier molecular flexibility index (Phi) is 8.91. The lowest BCUT2D eigenvalue weighted by Gasteiger charge is -2.50. The highest BCUT2D eigenvalue weighted by molar-refractivity contribution is 5.68. The fourth-order valence-electron chi connectivity index (χ4n) is 6.37. The minimum atomic E-state index is -1.12. The molecule has 5 heterocycles. The van der Waals surface area contributed by atoms with Gasteiger partial charge in [0, 0.05) is 6.92 Å². The molecule has 0 bridgehead atoms. The predicted molar refractivity (Wildman–Crippen MR) is 151 cm³/mol. The number of ether oxygens (including phenoxy) is 11. The molecule has 0 unspecified atom stereocenters. The number of carbonyl (C=O) groups is 2. The molecule has 0 spiro atoms. The van der Waals surface area contributed by atoms with Crippen LogP contribution in [0.5, 0.6) is 0 Å². The van der Waals surface area contributed by atoms with Crippen molar-refractivity contribution in [2.75, 3.05) is 13.2 Å². The highest BCUT2D eigenvalue weighted by atomic mass is 16.9. The molecule has 1 N–H and O–H groups in total. The van der Waals surface area contributed by atoms with Crippen LogP contribution in [-0.2, 0) is 63.5 Å². The highest BCUT2D eigenvalue weighted by Crippen LogP contribution is 2.44. The quantitative estimate of drug-likeness (QED) is 0.437. The number of hydrogen-bond donors (Lipinski definition) is 1. The molecule has 14 heteroatoms. The average molecular weight is 638 g/mol. The molecule has 5 aliphatic rings. The number of alkyl carbamates (subject to hydrolysis) is 1. The Morgan fingerprint density at radius 2 is 1.51 bits per heavy atom. The number of fused-ring (bicyclic) bond motifs is 4. The van der Waals surface area contributed by atoms with Crippen LogP contribution in [0, 0.1) is 0 Å². The predicted octanol–water partition coefficient (Wildman–Crippen LogP) is 2.50. The van der Waals surface area contributed by atoms with Crippen LogP contribution in [0.15, 0.2) is 30.3 Å². The van der Waals surface area contributed by atoms with Crippen LogP contribution in [-0.4, -0.2) is 104 Å². The first-order valence-electron chi connectivity index (χ1n) is 15.3. The van der Waals surface area contributed by atoms with Gasteiger partial charge in [-0.25, -0.2) is 4.79 Å². The van der Waals surface area contributed by atoms with Crippen LogP contribution in [0.3, 0.4) is 0 Å². The van der Waals surface area contributed by atoms with E-state index in [4.69, 9.17) is 52.1 Å². The molecule has 0 aromatic heterocycles. The maximum Gasteiger partial charge on any atom is 0.407 e.